The van der Waals surface area contributed by atoms with Crippen molar-refractivity contribution in [3.8, 4) is 33.0 Å². The predicted molar refractivity (Wildman–Crippen MR) is 120 cm³/mol. The molecule has 0 amide bonds. The van der Waals surface area contributed by atoms with Crippen LogP contribution in [-0.2, 0) is 4.79 Å². The van der Waals surface area contributed by atoms with Gasteiger partial charge in [0.05, 0.1) is 31.3 Å². The Morgan fingerprint density at radius 2 is 1.94 bits per heavy atom. The van der Waals surface area contributed by atoms with Gasteiger partial charge in [-0.05, 0) is 55.9 Å². The average Bonchev–Trinajstić information content (AvgIpc) is 3.47. The molecule has 0 bridgehead atoms. The second kappa shape index (κ2) is 9.92. The largest absolute Gasteiger partial charge is 0.493 e. The number of carbonyl (C=O) groups excluding carboxylic acids is 1. The number of carbonyl (C=O) groups is 1. The molecule has 1 aliphatic rings. The van der Waals surface area contributed by atoms with Crippen LogP contribution in [0.2, 0.25) is 0 Å². The van der Waals surface area contributed by atoms with Crippen molar-refractivity contribution in [1.82, 2.24) is 9.97 Å². The molecule has 6 nitrogen and oxygen atoms in total. The fraction of sp³-hybridized carbons (Fsp3) is 0.375. The molecule has 0 N–H and O–H groups in total. The Morgan fingerprint density at radius 3 is 2.68 bits per heavy atom. The van der Waals surface area contributed by atoms with Crippen LogP contribution in [-0.4, -0.2) is 29.0 Å². The molecule has 0 unspecified atom stereocenters. The normalized spacial score (nSPS) is 14.1. The van der Waals surface area contributed by atoms with Crippen LogP contribution in [0.3, 0.4) is 0 Å². The topological polar surface area (TPSA) is 70.5 Å². The molecule has 0 aliphatic heterocycles. The van der Waals surface area contributed by atoms with Gasteiger partial charge in [0, 0.05) is 12.5 Å². The van der Waals surface area contributed by atoms with Gasteiger partial charge in [-0.25, -0.2) is 9.97 Å². The molecule has 1 atom stereocenters. The Morgan fingerprint density at radius 1 is 1.10 bits per heavy atom. The number of rotatable bonds is 11. The number of hydrogen-bond donors (Lipinski definition) is 0. The molecule has 7 heteroatoms. The lowest BCUT2D eigenvalue weighted by atomic mass is 10.1. The molecule has 1 aliphatic carbocycles. The minimum atomic E-state index is 0.171. The highest BCUT2D eigenvalue weighted by Gasteiger charge is 2.21. The Bertz CT molecular complexity index is 1010. The Kier molecular flexibility index (Phi) is 6.82. The number of pyridine rings is 1. The SMILES string of the molecule is CC(=O)C[C@@H](C)COc1cnc(-c2ccc(Oc3cccc(OCC4CC4)c3)cn2)s1. The molecule has 0 saturated heterocycles. The summed E-state index contributed by atoms with van der Waals surface area (Å²) in [6.07, 6.45) is 6.42. The van der Waals surface area contributed by atoms with E-state index in [9.17, 15) is 4.79 Å². The van der Waals surface area contributed by atoms with Crippen LogP contribution < -0.4 is 14.2 Å². The summed E-state index contributed by atoms with van der Waals surface area (Å²) in [5, 5.41) is 1.49. The molecule has 4 rings (SSSR count). The van der Waals surface area contributed by atoms with Gasteiger partial charge in [-0.1, -0.05) is 24.3 Å². The molecule has 1 aromatic carbocycles. The van der Waals surface area contributed by atoms with Crippen molar-refractivity contribution in [2.75, 3.05) is 13.2 Å². The first-order valence-corrected chi connectivity index (χ1v) is 11.3. The van der Waals surface area contributed by atoms with Crippen LogP contribution in [0.1, 0.15) is 33.1 Å². The van der Waals surface area contributed by atoms with Gasteiger partial charge in [-0.15, -0.1) is 0 Å². The van der Waals surface area contributed by atoms with Gasteiger partial charge in [-0.2, -0.15) is 0 Å². The van der Waals surface area contributed by atoms with Gasteiger partial charge in [0.1, 0.15) is 28.0 Å². The first kappa shape index (κ1) is 21.3. The fourth-order valence-electron chi connectivity index (χ4n) is 3.05. The first-order valence-electron chi connectivity index (χ1n) is 10.5. The second-order valence-corrected chi connectivity index (χ2v) is 9.01. The predicted octanol–water partition coefficient (Wildman–Crippen LogP) is 5.78. The zero-order valence-corrected chi connectivity index (χ0v) is 18.6. The van der Waals surface area contributed by atoms with E-state index in [1.807, 2.05) is 43.3 Å². The summed E-state index contributed by atoms with van der Waals surface area (Å²) in [7, 11) is 0. The van der Waals surface area contributed by atoms with Crippen molar-refractivity contribution in [3.63, 3.8) is 0 Å². The minimum Gasteiger partial charge on any atom is -0.493 e. The number of Topliss-reactive ketones (excluding diaryl/α,β-unsaturated/α-hetero) is 1. The summed E-state index contributed by atoms with van der Waals surface area (Å²) in [5.41, 5.74) is 0.755. The van der Waals surface area contributed by atoms with Crippen molar-refractivity contribution in [1.29, 1.82) is 0 Å². The molecule has 2 aromatic heterocycles. The third-order valence-electron chi connectivity index (χ3n) is 4.81. The summed E-state index contributed by atoms with van der Waals surface area (Å²) in [4.78, 5) is 20.1. The number of aromatic nitrogens is 2. The molecule has 162 valence electrons. The van der Waals surface area contributed by atoms with Crippen LogP contribution >= 0.6 is 11.3 Å². The maximum absolute atomic E-state index is 11.2. The van der Waals surface area contributed by atoms with E-state index in [-0.39, 0.29) is 11.7 Å². The zero-order chi connectivity index (χ0) is 21.6. The lowest BCUT2D eigenvalue weighted by molar-refractivity contribution is -0.118. The summed E-state index contributed by atoms with van der Waals surface area (Å²) in [6, 6.07) is 11.4. The quantitative estimate of drug-likeness (QED) is 0.378. The smallest absolute Gasteiger partial charge is 0.194 e. The minimum absolute atomic E-state index is 0.171. The van der Waals surface area contributed by atoms with E-state index in [0.717, 1.165) is 28.1 Å². The van der Waals surface area contributed by atoms with E-state index >= 15 is 0 Å². The first-order chi connectivity index (χ1) is 15.0. The van der Waals surface area contributed by atoms with E-state index < -0.39 is 0 Å². The van der Waals surface area contributed by atoms with Crippen LogP contribution in [0.5, 0.6) is 22.3 Å². The van der Waals surface area contributed by atoms with Gasteiger partial charge < -0.3 is 19.0 Å². The summed E-state index contributed by atoms with van der Waals surface area (Å²) in [6.45, 7) is 4.86. The van der Waals surface area contributed by atoms with Gasteiger partial charge in [0.25, 0.3) is 0 Å². The van der Waals surface area contributed by atoms with Crippen molar-refractivity contribution in [2.24, 2.45) is 11.8 Å². The van der Waals surface area contributed by atoms with E-state index in [4.69, 9.17) is 14.2 Å². The number of ether oxygens (including phenoxy) is 3. The van der Waals surface area contributed by atoms with Crippen LogP contribution in [0, 0.1) is 11.8 Å². The Hall–Kier alpha value is -2.93. The van der Waals surface area contributed by atoms with E-state index in [1.165, 1.54) is 24.2 Å². The molecule has 3 aromatic rings. The summed E-state index contributed by atoms with van der Waals surface area (Å²) in [5.74, 6) is 3.24. The third kappa shape index (κ3) is 6.52. The molecule has 31 heavy (non-hydrogen) atoms. The molecular weight excluding hydrogens is 412 g/mol. The van der Waals surface area contributed by atoms with Gasteiger partial charge in [0.2, 0.25) is 0 Å². The highest BCUT2D eigenvalue weighted by atomic mass is 32.1. The number of hydrogen-bond acceptors (Lipinski definition) is 7. The molecule has 0 spiro atoms. The van der Waals surface area contributed by atoms with Crippen LogP contribution in [0.15, 0.2) is 48.8 Å². The van der Waals surface area contributed by atoms with Gasteiger partial charge in [-0.3, -0.25) is 0 Å². The summed E-state index contributed by atoms with van der Waals surface area (Å²) >= 11 is 1.43. The second-order valence-electron chi connectivity index (χ2n) is 8.02. The van der Waals surface area contributed by atoms with Crippen LogP contribution in [0.4, 0.5) is 0 Å². The van der Waals surface area contributed by atoms with Gasteiger partial charge in [0.15, 0.2) is 5.06 Å². The van der Waals surface area contributed by atoms with Crippen molar-refractivity contribution >= 4 is 17.1 Å². The number of thiazole rings is 1. The van der Waals surface area contributed by atoms with E-state index in [2.05, 4.69) is 9.97 Å². The highest BCUT2D eigenvalue weighted by Crippen LogP contribution is 2.32. The Balaban J connectivity index is 1.32. The van der Waals surface area contributed by atoms with E-state index in [0.29, 0.717) is 30.4 Å². The lowest BCUT2D eigenvalue weighted by Gasteiger charge is -2.09. The highest BCUT2D eigenvalue weighted by molar-refractivity contribution is 7.16. The lowest BCUT2D eigenvalue weighted by Crippen LogP contribution is -2.11. The number of benzene rings is 1. The third-order valence-corrected chi connectivity index (χ3v) is 5.74. The maximum atomic E-state index is 11.2. The standard InChI is InChI=1S/C24H26N2O4S/c1-16(10-17(2)27)14-29-23-13-26-24(31-23)22-9-8-21(12-25-22)30-20-5-3-4-19(11-20)28-15-18-6-7-18/h3-5,8-9,11-13,16,18H,6-7,10,14-15H2,1-2H3/t16-/m1/s1. The molecular formula is C24H26N2O4S. The molecule has 1 fully saturated rings. The summed E-state index contributed by atoms with van der Waals surface area (Å²) < 4.78 is 17.5. The van der Waals surface area contributed by atoms with Gasteiger partial charge >= 0.3 is 0 Å². The Labute approximate surface area is 186 Å². The van der Waals surface area contributed by atoms with Crippen LogP contribution in [0.25, 0.3) is 10.7 Å². The monoisotopic (exact) mass is 438 g/mol. The van der Waals surface area contributed by atoms with Crippen molar-refractivity contribution in [2.45, 2.75) is 33.1 Å². The molecule has 2 heterocycles. The molecule has 1 saturated carbocycles. The van der Waals surface area contributed by atoms with E-state index in [1.54, 1.807) is 19.3 Å². The fourth-order valence-corrected chi connectivity index (χ4v) is 3.80. The average molecular weight is 439 g/mol. The van der Waals surface area contributed by atoms with Crippen molar-refractivity contribution < 1.29 is 19.0 Å². The zero-order valence-electron chi connectivity index (χ0n) is 17.7. The number of ketones is 1. The maximum Gasteiger partial charge on any atom is 0.194 e. The van der Waals surface area contributed by atoms with Crippen molar-refractivity contribution in [3.05, 3.63) is 48.8 Å². The number of nitrogens with zero attached hydrogens (tertiary/aromatic N) is 2. The molecule has 0 radical (unpaired) electrons.